The highest BCUT2D eigenvalue weighted by molar-refractivity contribution is 5.80. The quantitative estimate of drug-likeness (QED) is 0.666. The number of rotatable bonds is 0. The molecule has 4 aliphatic carbocycles. The summed E-state index contributed by atoms with van der Waals surface area (Å²) in [7, 11) is 0. The molecule has 5 fully saturated rings. The zero-order valence-electron chi connectivity index (χ0n) is 10.1. The van der Waals surface area contributed by atoms with Gasteiger partial charge in [0, 0.05) is 12.0 Å². The van der Waals surface area contributed by atoms with E-state index in [9.17, 15) is 4.79 Å². The molecular weight excluding hydrogens is 198 g/mol. The molecule has 4 saturated carbocycles. The van der Waals surface area contributed by atoms with Crippen LogP contribution in [-0.4, -0.2) is 11.4 Å². The summed E-state index contributed by atoms with van der Waals surface area (Å²) in [5.74, 6) is 3.07. The van der Waals surface area contributed by atoms with E-state index in [2.05, 4.69) is 12.2 Å². The van der Waals surface area contributed by atoms with Crippen LogP contribution >= 0.6 is 0 Å². The maximum atomic E-state index is 11.7. The van der Waals surface area contributed by atoms with Gasteiger partial charge >= 0.3 is 0 Å². The molecule has 1 heterocycles. The Balaban J connectivity index is 1.79. The van der Waals surface area contributed by atoms with Crippen molar-refractivity contribution in [1.29, 1.82) is 0 Å². The number of hydrogen-bond acceptors (Lipinski definition) is 1. The molecule has 5 aliphatic rings. The maximum Gasteiger partial charge on any atom is 0.220 e. The van der Waals surface area contributed by atoms with Gasteiger partial charge in [0.15, 0.2) is 0 Å². The highest BCUT2D eigenvalue weighted by atomic mass is 16.2. The lowest BCUT2D eigenvalue weighted by Gasteiger charge is -2.65. The Morgan fingerprint density at radius 3 is 2.38 bits per heavy atom. The van der Waals surface area contributed by atoms with E-state index < -0.39 is 0 Å². The van der Waals surface area contributed by atoms with Crippen LogP contribution in [0.2, 0.25) is 0 Å². The van der Waals surface area contributed by atoms with Crippen molar-refractivity contribution >= 4 is 5.91 Å². The smallest absolute Gasteiger partial charge is 0.220 e. The van der Waals surface area contributed by atoms with Gasteiger partial charge in [0.2, 0.25) is 5.91 Å². The molecule has 2 heteroatoms. The van der Waals surface area contributed by atoms with Crippen LogP contribution in [0.5, 0.6) is 0 Å². The number of carbonyl (C=O) groups is 1. The molecule has 1 amide bonds. The van der Waals surface area contributed by atoms with Crippen molar-refractivity contribution in [2.45, 2.75) is 57.4 Å². The Bertz CT molecular complexity index is 350. The standard InChI is InChI=1S/C14H21NO/c1-13-7-9-4-10(8-13)6-11(5-9)14(13)3-2-12(16)15-14/h9-11H,2-8H2,1H3,(H,15,16). The molecule has 3 unspecified atom stereocenters. The van der Waals surface area contributed by atoms with Crippen LogP contribution in [0.1, 0.15) is 51.9 Å². The van der Waals surface area contributed by atoms with Crippen molar-refractivity contribution < 1.29 is 4.79 Å². The molecule has 1 N–H and O–H groups in total. The van der Waals surface area contributed by atoms with Gasteiger partial charge in [-0.3, -0.25) is 4.79 Å². The predicted molar refractivity (Wildman–Crippen MR) is 61.8 cm³/mol. The summed E-state index contributed by atoms with van der Waals surface area (Å²) >= 11 is 0. The van der Waals surface area contributed by atoms with Crippen LogP contribution in [-0.2, 0) is 4.79 Å². The van der Waals surface area contributed by atoms with Gasteiger partial charge < -0.3 is 5.32 Å². The second kappa shape index (κ2) is 2.65. The predicted octanol–water partition coefficient (Wildman–Crippen LogP) is 2.48. The molecule has 4 bridgehead atoms. The van der Waals surface area contributed by atoms with E-state index in [0.29, 0.717) is 11.3 Å². The minimum absolute atomic E-state index is 0.206. The highest BCUT2D eigenvalue weighted by Gasteiger charge is 2.64. The molecule has 0 aromatic heterocycles. The molecule has 5 rings (SSSR count). The van der Waals surface area contributed by atoms with Gasteiger partial charge in [-0.15, -0.1) is 0 Å². The first-order chi connectivity index (χ1) is 7.61. The summed E-state index contributed by atoms with van der Waals surface area (Å²) in [6.45, 7) is 2.46. The normalized spacial score (nSPS) is 58.3. The summed E-state index contributed by atoms with van der Waals surface area (Å²) in [5.41, 5.74) is 0.630. The van der Waals surface area contributed by atoms with Crippen LogP contribution in [0.25, 0.3) is 0 Å². The largest absolute Gasteiger partial charge is 0.350 e. The summed E-state index contributed by atoms with van der Waals surface area (Å²) < 4.78 is 0. The Hall–Kier alpha value is -0.530. The first kappa shape index (κ1) is 9.49. The molecule has 1 saturated heterocycles. The zero-order valence-corrected chi connectivity index (χ0v) is 10.1. The molecule has 0 aromatic rings. The third kappa shape index (κ3) is 0.930. The van der Waals surface area contributed by atoms with Gasteiger partial charge in [-0.25, -0.2) is 0 Å². The average molecular weight is 219 g/mol. The minimum Gasteiger partial charge on any atom is -0.350 e. The first-order valence-corrected chi connectivity index (χ1v) is 6.92. The minimum atomic E-state index is 0.206. The lowest BCUT2D eigenvalue weighted by molar-refractivity contribution is -0.137. The van der Waals surface area contributed by atoms with Crippen molar-refractivity contribution in [3.63, 3.8) is 0 Å². The number of amides is 1. The summed E-state index contributed by atoms with van der Waals surface area (Å²) in [6, 6.07) is 0. The van der Waals surface area contributed by atoms with Crippen molar-refractivity contribution in [1.82, 2.24) is 5.32 Å². The fraction of sp³-hybridized carbons (Fsp3) is 0.929. The van der Waals surface area contributed by atoms with Crippen molar-refractivity contribution in [3.05, 3.63) is 0 Å². The van der Waals surface area contributed by atoms with E-state index in [1.165, 1.54) is 32.1 Å². The second-order valence-corrected chi connectivity index (χ2v) is 7.12. The Morgan fingerprint density at radius 1 is 1.19 bits per heavy atom. The Morgan fingerprint density at radius 2 is 1.88 bits per heavy atom. The van der Waals surface area contributed by atoms with Crippen LogP contribution in [0.3, 0.4) is 0 Å². The Labute approximate surface area is 97.2 Å². The number of hydrogen-bond donors (Lipinski definition) is 1. The van der Waals surface area contributed by atoms with E-state index in [0.717, 1.165) is 30.6 Å². The second-order valence-electron chi connectivity index (χ2n) is 7.12. The van der Waals surface area contributed by atoms with Gasteiger partial charge in [0.1, 0.15) is 0 Å². The topological polar surface area (TPSA) is 29.1 Å². The van der Waals surface area contributed by atoms with Crippen molar-refractivity contribution in [3.8, 4) is 0 Å². The van der Waals surface area contributed by atoms with Crippen molar-refractivity contribution in [2.24, 2.45) is 23.2 Å². The van der Waals surface area contributed by atoms with Crippen LogP contribution in [0.15, 0.2) is 0 Å². The summed E-state index contributed by atoms with van der Waals surface area (Å²) in [6.07, 6.45) is 8.92. The molecule has 88 valence electrons. The number of nitrogens with one attached hydrogen (secondary N) is 1. The molecule has 1 spiro atoms. The van der Waals surface area contributed by atoms with E-state index in [1.54, 1.807) is 0 Å². The maximum absolute atomic E-state index is 11.7. The van der Waals surface area contributed by atoms with Gasteiger partial charge in [-0.05, 0) is 61.7 Å². The summed E-state index contributed by atoms with van der Waals surface area (Å²) in [4.78, 5) is 11.7. The fourth-order valence-corrected chi connectivity index (χ4v) is 5.96. The SMILES string of the molecule is CC12CC3CC(CC(C3)C13CCC(=O)N3)C2. The van der Waals surface area contributed by atoms with Gasteiger partial charge in [0.05, 0.1) is 0 Å². The van der Waals surface area contributed by atoms with Gasteiger partial charge in [-0.2, -0.15) is 0 Å². The van der Waals surface area contributed by atoms with E-state index in [-0.39, 0.29) is 5.54 Å². The monoisotopic (exact) mass is 219 g/mol. The lowest BCUT2D eigenvalue weighted by Crippen LogP contribution is -2.68. The molecular formula is C14H21NO. The van der Waals surface area contributed by atoms with Crippen LogP contribution in [0.4, 0.5) is 0 Å². The van der Waals surface area contributed by atoms with Crippen LogP contribution < -0.4 is 5.32 Å². The third-order valence-corrected chi connectivity index (χ3v) is 6.26. The lowest BCUT2D eigenvalue weighted by atomic mass is 9.42. The Kier molecular flexibility index (Phi) is 1.57. The fourth-order valence-electron chi connectivity index (χ4n) is 5.96. The number of carbonyl (C=O) groups excluding carboxylic acids is 1. The molecule has 0 radical (unpaired) electrons. The average Bonchev–Trinajstić information content (AvgIpc) is 2.58. The molecule has 16 heavy (non-hydrogen) atoms. The van der Waals surface area contributed by atoms with Crippen LogP contribution in [0, 0.1) is 23.2 Å². The molecule has 1 aliphatic heterocycles. The highest BCUT2D eigenvalue weighted by Crippen LogP contribution is 2.66. The van der Waals surface area contributed by atoms with Gasteiger partial charge in [0.25, 0.3) is 0 Å². The molecule has 2 nitrogen and oxygen atoms in total. The zero-order chi connectivity index (χ0) is 11.0. The summed E-state index contributed by atoms with van der Waals surface area (Å²) in [5, 5.41) is 3.41. The van der Waals surface area contributed by atoms with E-state index in [1.807, 2.05) is 0 Å². The molecule has 0 aromatic carbocycles. The molecule has 3 atom stereocenters. The van der Waals surface area contributed by atoms with Gasteiger partial charge in [-0.1, -0.05) is 6.92 Å². The third-order valence-electron chi connectivity index (χ3n) is 6.26. The van der Waals surface area contributed by atoms with E-state index >= 15 is 0 Å². The van der Waals surface area contributed by atoms with Crippen molar-refractivity contribution in [2.75, 3.05) is 0 Å². The van der Waals surface area contributed by atoms with E-state index in [4.69, 9.17) is 0 Å². The first-order valence-electron chi connectivity index (χ1n) is 6.92.